The maximum absolute atomic E-state index is 11.9. The third-order valence-electron chi connectivity index (χ3n) is 4.01. The molecule has 0 bridgehead atoms. The van der Waals surface area contributed by atoms with Crippen molar-refractivity contribution in [3.63, 3.8) is 0 Å². The standard InChI is InChI=1S/C16H21N3O2S/c20-11-17-9-12-4-3-5-13(8-12)10-18-16(21)19-14-6-1-2-7-15(14)22/h1-2,6-7,12-13,22H,3-5,8-10H2,(H2,18,19,21). The predicted molar refractivity (Wildman–Crippen MR) is 89.2 cm³/mol. The van der Waals surface area contributed by atoms with Crippen LogP contribution in [0.15, 0.2) is 34.2 Å². The van der Waals surface area contributed by atoms with Gasteiger partial charge in [-0.2, -0.15) is 0 Å². The molecule has 2 unspecified atom stereocenters. The molecule has 1 aromatic rings. The van der Waals surface area contributed by atoms with Crippen molar-refractivity contribution in [1.29, 1.82) is 0 Å². The minimum absolute atomic E-state index is 0.213. The van der Waals surface area contributed by atoms with E-state index >= 15 is 0 Å². The Balaban J connectivity index is 1.76. The van der Waals surface area contributed by atoms with Crippen molar-refractivity contribution in [3.8, 4) is 0 Å². The van der Waals surface area contributed by atoms with E-state index in [1.54, 1.807) is 6.08 Å². The zero-order valence-corrected chi connectivity index (χ0v) is 13.3. The van der Waals surface area contributed by atoms with Crippen molar-refractivity contribution in [3.05, 3.63) is 24.3 Å². The summed E-state index contributed by atoms with van der Waals surface area (Å²) in [4.78, 5) is 26.5. The number of amides is 2. The lowest BCUT2D eigenvalue weighted by atomic mass is 9.81. The monoisotopic (exact) mass is 319 g/mol. The van der Waals surface area contributed by atoms with Gasteiger partial charge in [0.2, 0.25) is 6.08 Å². The van der Waals surface area contributed by atoms with Gasteiger partial charge in [0.05, 0.1) is 12.2 Å². The first-order valence-corrected chi connectivity index (χ1v) is 8.00. The minimum atomic E-state index is -0.213. The molecule has 22 heavy (non-hydrogen) atoms. The number of hydrogen-bond acceptors (Lipinski definition) is 4. The second kappa shape index (κ2) is 8.61. The van der Waals surface area contributed by atoms with Crippen molar-refractivity contribution in [2.45, 2.75) is 30.6 Å². The summed E-state index contributed by atoms with van der Waals surface area (Å²) in [5, 5.41) is 5.71. The first-order chi connectivity index (χ1) is 10.7. The van der Waals surface area contributed by atoms with Crippen LogP contribution in [-0.2, 0) is 4.79 Å². The second-order valence-corrected chi connectivity index (χ2v) is 6.16. The number of nitrogens with one attached hydrogen (secondary N) is 2. The predicted octanol–water partition coefficient (Wildman–Crippen LogP) is 3.24. The summed E-state index contributed by atoms with van der Waals surface area (Å²) in [5.74, 6) is 0.876. The van der Waals surface area contributed by atoms with Gasteiger partial charge < -0.3 is 10.6 Å². The summed E-state index contributed by atoms with van der Waals surface area (Å²) in [6.45, 7) is 1.20. The van der Waals surface area contributed by atoms with Gasteiger partial charge in [-0.1, -0.05) is 18.6 Å². The number of carbonyl (C=O) groups excluding carboxylic acids is 2. The highest BCUT2D eigenvalue weighted by molar-refractivity contribution is 7.80. The van der Waals surface area contributed by atoms with Gasteiger partial charge in [-0.3, -0.25) is 0 Å². The van der Waals surface area contributed by atoms with Crippen LogP contribution in [0.4, 0.5) is 10.5 Å². The number of carbonyl (C=O) groups is 1. The maximum Gasteiger partial charge on any atom is 0.319 e. The molecule has 1 aromatic carbocycles. The van der Waals surface area contributed by atoms with Crippen LogP contribution in [0.2, 0.25) is 0 Å². The topological polar surface area (TPSA) is 70.6 Å². The maximum atomic E-state index is 11.9. The van der Waals surface area contributed by atoms with Crippen LogP contribution in [0.5, 0.6) is 0 Å². The Morgan fingerprint density at radius 1 is 1.32 bits per heavy atom. The fourth-order valence-electron chi connectivity index (χ4n) is 2.90. The fraction of sp³-hybridized carbons (Fsp3) is 0.500. The van der Waals surface area contributed by atoms with Gasteiger partial charge in [-0.05, 0) is 43.2 Å². The van der Waals surface area contributed by atoms with Crippen molar-refractivity contribution in [1.82, 2.24) is 5.32 Å². The van der Waals surface area contributed by atoms with Gasteiger partial charge in [0.15, 0.2) is 0 Å². The number of rotatable bonds is 5. The van der Waals surface area contributed by atoms with Crippen LogP contribution >= 0.6 is 12.6 Å². The number of aliphatic imine (C=N–C) groups is 1. The van der Waals surface area contributed by atoms with E-state index in [4.69, 9.17) is 0 Å². The van der Waals surface area contributed by atoms with Gasteiger partial charge >= 0.3 is 6.03 Å². The lowest BCUT2D eigenvalue weighted by molar-refractivity contribution is 0.239. The molecule has 0 spiro atoms. The van der Waals surface area contributed by atoms with E-state index in [2.05, 4.69) is 28.3 Å². The molecule has 0 radical (unpaired) electrons. The highest BCUT2D eigenvalue weighted by Crippen LogP contribution is 2.28. The number of isocyanates is 1. The Morgan fingerprint density at radius 3 is 2.86 bits per heavy atom. The van der Waals surface area contributed by atoms with E-state index in [-0.39, 0.29) is 6.03 Å². The summed E-state index contributed by atoms with van der Waals surface area (Å²) in [6.07, 6.45) is 5.91. The molecule has 2 N–H and O–H groups in total. The van der Waals surface area contributed by atoms with E-state index in [1.807, 2.05) is 24.3 Å². The Kier molecular flexibility index (Phi) is 6.49. The molecule has 5 nitrogen and oxygen atoms in total. The molecule has 6 heteroatoms. The van der Waals surface area contributed by atoms with Gasteiger partial charge in [0.1, 0.15) is 0 Å². The average molecular weight is 319 g/mol. The van der Waals surface area contributed by atoms with Gasteiger partial charge in [0, 0.05) is 11.4 Å². The molecule has 2 rings (SSSR count). The summed E-state index contributed by atoms with van der Waals surface area (Å²) in [7, 11) is 0. The molecular weight excluding hydrogens is 298 g/mol. The number of benzene rings is 1. The first-order valence-electron chi connectivity index (χ1n) is 7.55. The molecule has 0 saturated heterocycles. The Bertz CT molecular complexity index is 558. The lowest BCUT2D eigenvalue weighted by Crippen LogP contribution is -2.35. The van der Waals surface area contributed by atoms with Gasteiger partial charge in [0.25, 0.3) is 0 Å². The molecule has 118 valence electrons. The molecule has 1 fully saturated rings. The van der Waals surface area contributed by atoms with Crippen LogP contribution < -0.4 is 10.6 Å². The van der Waals surface area contributed by atoms with Crippen molar-refractivity contribution in [2.24, 2.45) is 16.8 Å². The summed E-state index contributed by atoms with van der Waals surface area (Å²) in [5.41, 5.74) is 0.699. The average Bonchev–Trinajstić information content (AvgIpc) is 2.53. The molecule has 0 heterocycles. The SMILES string of the molecule is O=C=NCC1CCCC(CNC(=O)Nc2ccccc2S)C1. The van der Waals surface area contributed by atoms with Crippen LogP contribution in [0.25, 0.3) is 0 Å². The van der Waals surface area contributed by atoms with Crippen LogP contribution in [0.3, 0.4) is 0 Å². The van der Waals surface area contributed by atoms with Crippen LogP contribution in [0.1, 0.15) is 25.7 Å². The van der Waals surface area contributed by atoms with Crippen LogP contribution in [-0.4, -0.2) is 25.2 Å². The summed E-state index contributed by atoms with van der Waals surface area (Å²) >= 11 is 4.30. The highest BCUT2D eigenvalue weighted by Gasteiger charge is 2.22. The molecule has 2 atom stereocenters. The van der Waals surface area contributed by atoms with Crippen molar-refractivity contribution < 1.29 is 9.59 Å². The summed E-state index contributed by atoms with van der Waals surface area (Å²) in [6, 6.07) is 7.16. The zero-order valence-electron chi connectivity index (χ0n) is 12.4. The highest BCUT2D eigenvalue weighted by atomic mass is 32.1. The molecule has 1 aliphatic carbocycles. The van der Waals surface area contributed by atoms with Crippen molar-refractivity contribution >= 4 is 30.4 Å². The Hall–Kier alpha value is -1.78. The quantitative estimate of drug-likeness (QED) is 0.443. The Labute approximate surface area is 136 Å². The zero-order chi connectivity index (χ0) is 15.8. The first kappa shape index (κ1) is 16.6. The smallest absolute Gasteiger partial charge is 0.319 e. The van der Waals surface area contributed by atoms with Crippen molar-refractivity contribution in [2.75, 3.05) is 18.4 Å². The molecule has 0 aromatic heterocycles. The minimum Gasteiger partial charge on any atom is -0.338 e. The molecule has 2 amide bonds. The Morgan fingerprint density at radius 2 is 2.09 bits per heavy atom. The molecule has 1 aliphatic rings. The summed E-state index contributed by atoms with van der Waals surface area (Å²) < 4.78 is 0. The number of nitrogens with zero attached hydrogens (tertiary/aromatic N) is 1. The van der Waals surface area contributed by atoms with Gasteiger partial charge in [-0.25, -0.2) is 14.6 Å². The van der Waals surface area contributed by atoms with E-state index in [9.17, 15) is 9.59 Å². The van der Waals surface area contributed by atoms with Gasteiger partial charge in [-0.15, -0.1) is 12.6 Å². The van der Waals surface area contributed by atoms with E-state index < -0.39 is 0 Å². The largest absolute Gasteiger partial charge is 0.338 e. The number of thiol groups is 1. The van der Waals surface area contributed by atoms with E-state index in [1.165, 1.54) is 0 Å². The number of para-hydroxylation sites is 1. The van der Waals surface area contributed by atoms with Crippen LogP contribution in [0, 0.1) is 11.8 Å². The lowest BCUT2D eigenvalue weighted by Gasteiger charge is -2.28. The molecular formula is C16H21N3O2S. The number of anilines is 1. The second-order valence-electron chi connectivity index (χ2n) is 5.68. The molecule has 1 saturated carbocycles. The number of hydrogen-bond donors (Lipinski definition) is 3. The third-order valence-corrected chi connectivity index (χ3v) is 4.40. The van der Waals surface area contributed by atoms with E-state index in [0.29, 0.717) is 30.6 Å². The molecule has 0 aliphatic heterocycles. The number of urea groups is 1. The third kappa shape index (κ3) is 5.20. The van der Waals surface area contributed by atoms with E-state index in [0.717, 1.165) is 30.6 Å². The normalized spacial score (nSPS) is 20.8. The fourth-order valence-corrected chi connectivity index (χ4v) is 3.12.